The van der Waals surface area contributed by atoms with Crippen molar-refractivity contribution < 1.29 is 28.5 Å². The molecule has 0 atom stereocenters. The zero-order chi connectivity index (χ0) is 18.2. The minimum Gasteiger partial charge on any atom is -0.493 e. The van der Waals surface area contributed by atoms with Gasteiger partial charge in [-0.25, -0.2) is 4.79 Å². The summed E-state index contributed by atoms with van der Waals surface area (Å²) in [6.07, 6.45) is 0.638. The molecule has 0 unspecified atom stereocenters. The van der Waals surface area contributed by atoms with Gasteiger partial charge in [0.25, 0.3) is 0 Å². The molecule has 1 heterocycles. The second-order valence-corrected chi connectivity index (χ2v) is 5.45. The van der Waals surface area contributed by atoms with Gasteiger partial charge in [-0.3, -0.25) is 0 Å². The van der Waals surface area contributed by atoms with Crippen LogP contribution in [0.1, 0.15) is 12.0 Å². The van der Waals surface area contributed by atoms with E-state index in [4.69, 9.17) is 23.7 Å². The zero-order valence-electron chi connectivity index (χ0n) is 15.1. The molecule has 1 saturated heterocycles. The number of cyclic esters (lactones) is 1. The van der Waals surface area contributed by atoms with E-state index in [2.05, 4.69) is 5.32 Å². The highest BCUT2D eigenvalue weighted by Gasteiger charge is 2.27. The van der Waals surface area contributed by atoms with Crippen molar-refractivity contribution in [3.05, 3.63) is 35.0 Å². The molecule has 1 aliphatic rings. The average Bonchev–Trinajstić information content (AvgIpc) is 3.06. The molecule has 1 N–H and O–H groups in total. The molecule has 0 spiro atoms. The van der Waals surface area contributed by atoms with Crippen LogP contribution < -0.4 is 14.8 Å². The Hall–Kier alpha value is -2.25. The number of carbonyl (C=O) groups excluding carboxylic acids is 1. The summed E-state index contributed by atoms with van der Waals surface area (Å²) in [7, 11) is 6.28. The Morgan fingerprint density at radius 1 is 1.16 bits per heavy atom. The monoisotopic (exact) mass is 351 g/mol. The van der Waals surface area contributed by atoms with Gasteiger partial charge in [-0.15, -0.1) is 0 Å². The molecule has 1 aromatic carbocycles. The van der Waals surface area contributed by atoms with Gasteiger partial charge in [0, 0.05) is 27.2 Å². The molecule has 0 radical (unpaired) electrons. The molecule has 25 heavy (non-hydrogen) atoms. The summed E-state index contributed by atoms with van der Waals surface area (Å²) in [5, 5.41) is 3.27. The Bertz CT molecular complexity index is 624. The van der Waals surface area contributed by atoms with E-state index in [-0.39, 0.29) is 5.97 Å². The third-order valence-electron chi connectivity index (χ3n) is 4.00. The molecular weight excluding hydrogens is 326 g/mol. The van der Waals surface area contributed by atoms with Crippen molar-refractivity contribution in [1.82, 2.24) is 5.32 Å². The number of hydrogen-bond acceptors (Lipinski definition) is 7. The Morgan fingerprint density at radius 3 is 2.44 bits per heavy atom. The minimum atomic E-state index is -0.633. The fourth-order valence-electron chi connectivity index (χ4n) is 2.72. The van der Waals surface area contributed by atoms with Gasteiger partial charge in [0.1, 0.15) is 0 Å². The minimum absolute atomic E-state index is 0.326. The molecule has 2 rings (SSSR count). The first kappa shape index (κ1) is 19.1. The number of hydrogen-bond donors (Lipinski definition) is 1. The van der Waals surface area contributed by atoms with Gasteiger partial charge in [-0.2, -0.15) is 0 Å². The predicted molar refractivity (Wildman–Crippen MR) is 91.7 cm³/mol. The van der Waals surface area contributed by atoms with E-state index in [1.54, 1.807) is 14.2 Å². The summed E-state index contributed by atoms with van der Waals surface area (Å²) in [5.41, 5.74) is 2.27. The fraction of sp³-hybridized carbons (Fsp3) is 0.500. The molecule has 138 valence electrons. The van der Waals surface area contributed by atoms with Crippen molar-refractivity contribution >= 4 is 5.97 Å². The van der Waals surface area contributed by atoms with Crippen LogP contribution in [0.4, 0.5) is 0 Å². The van der Waals surface area contributed by atoms with E-state index in [1.165, 1.54) is 14.2 Å². The lowest BCUT2D eigenvalue weighted by molar-refractivity contribution is -0.135. The van der Waals surface area contributed by atoms with Gasteiger partial charge in [-0.05, 0) is 24.1 Å². The SMILES string of the molecule is COc1ccc(CCN/C(=C2\CCOC2=O)C(OC)OC)cc1OC. The highest BCUT2D eigenvalue weighted by atomic mass is 16.7. The standard InChI is InChI=1S/C18H25NO6/c1-21-14-6-5-12(11-15(14)22-2)7-9-19-16(18(23-3)24-4)13-8-10-25-17(13)20/h5-6,11,18-19H,7-10H2,1-4H3/b16-13+. The van der Waals surface area contributed by atoms with Crippen LogP contribution in [0.15, 0.2) is 29.5 Å². The second-order valence-electron chi connectivity index (χ2n) is 5.45. The Kier molecular flexibility index (Phi) is 7.09. The largest absolute Gasteiger partial charge is 0.493 e. The maximum Gasteiger partial charge on any atom is 0.336 e. The van der Waals surface area contributed by atoms with Crippen molar-refractivity contribution in [3.8, 4) is 11.5 Å². The second kappa shape index (κ2) is 9.29. The number of carbonyl (C=O) groups is 1. The number of rotatable bonds is 9. The Balaban J connectivity index is 2.08. The maximum atomic E-state index is 11.9. The summed E-state index contributed by atoms with van der Waals surface area (Å²) < 4.78 is 26.2. The molecule has 0 saturated carbocycles. The molecule has 7 heteroatoms. The first-order valence-corrected chi connectivity index (χ1v) is 8.05. The van der Waals surface area contributed by atoms with Crippen LogP contribution in [0.3, 0.4) is 0 Å². The Morgan fingerprint density at radius 2 is 1.88 bits per heavy atom. The normalized spacial score (nSPS) is 16.0. The number of ether oxygens (including phenoxy) is 5. The molecular formula is C18H25NO6. The molecule has 0 aromatic heterocycles. The summed E-state index contributed by atoms with van der Waals surface area (Å²) in [5.74, 6) is 1.05. The van der Waals surface area contributed by atoms with E-state index < -0.39 is 6.29 Å². The van der Waals surface area contributed by atoms with E-state index in [9.17, 15) is 4.79 Å². The molecule has 1 fully saturated rings. The lowest BCUT2D eigenvalue weighted by atomic mass is 10.1. The van der Waals surface area contributed by atoms with E-state index in [0.29, 0.717) is 42.3 Å². The third kappa shape index (κ3) is 4.64. The average molecular weight is 351 g/mol. The summed E-state index contributed by atoms with van der Waals surface area (Å²) in [4.78, 5) is 11.9. The quantitative estimate of drug-likeness (QED) is 0.412. The summed E-state index contributed by atoms with van der Waals surface area (Å²) >= 11 is 0. The van der Waals surface area contributed by atoms with Gasteiger partial charge in [0.05, 0.1) is 32.1 Å². The van der Waals surface area contributed by atoms with Crippen LogP contribution in [0, 0.1) is 0 Å². The van der Waals surface area contributed by atoms with E-state index in [1.807, 2.05) is 18.2 Å². The number of methoxy groups -OCH3 is 4. The Labute approximate surface area is 147 Å². The van der Waals surface area contributed by atoms with Crippen LogP contribution in [0.25, 0.3) is 0 Å². The first-order valence-electron chi connectivity index (χ1n) is 8.05. The highest BCUT2D eigenvalue weighted by Crippen LogP contribution is 2.27. The van der Waals surface area contributed by atoms with Crippen LogP contribution >= 0.6 is 0 Å². The lowest BCUT2D eigenvalue weighted by Gasteiger charge is -2.20. The van der Waals surface area contributed by atoms with Crippen molar-refractivity contribution in [2.24, 2.45) is 0 Å². The maximum absolute atomic E-state index is 11.9. The molecule has 0 bridgehead atoms. The number of esters is 1. The molecule has 0 amide bonds. The summed E-state index contributed by atoms with van der Waals surface area (Å²) in [6.45, 7) is 0.986. The fourth-order valence-corrected chi connectivity index (χ4v) is 2.72. The van der Waals surface area contributed by atoms with Crippen LogP contribution in [-0.4, -0.2) is 53.9 Å². The van der Waals surface area contributed by atoms with Crippen LogP contribution in [0.2, 0.25) is 0 Å². The molecule has 1 aliphatic heterocycles. The van der Waals surface area contributed by atoms with Crippen LogP contribution in [-0.2, 0) is 25.4 Å². The predicted octanol–water partition coefficient (Wildman–Crippen LogP) is 1.66. The van der Waals surface area contributed by atoms with Gasteiger partial charge in [0.2, 0.25) is 0 Å². The molecule has 0 aliphatic carbocycles. The van der Waals surface area contributed by atoms with Crippen molar-refractivity contribution in [3.63, 3.8) is 0 Å². The van der Waals surface area contributed by atoms with Crippen molar-refractivity contribution in [2.45, 2.75) is 19.1 Å². The number of benzene rings is 1. The lowest BCUT2D eigenvalue weighted by Crippen LogP contribution is -2.31. The molecule has 7 nitrogen and oxygen atoms in total. The van der Waals surface area contributed by atoms with E-state index >= 15 is 0 Å². The third-order valence-corrected chi connectivity index (χ3v) is 4.00. The van der Waals surface area contributed by atoms with E-state index in [0.717, 1.165) is 12.0 Å². The van der Waals surface area contributed by atoms with Crippen molar-refractivity contribution in [1.29, 1.82) is 0 Å². The van der Waals surface area contributed by atoms with Crippen molar-refractivity contribution in [2.75, 3.05) is 41.6 Å². The first-order chi connectivity index (χ1) is 12.1. The zero-order valence-corrected chi connectivity index (χ0v) is 15.1. The summed E-state index contributed by atoms with van der Waals surface area (Å²) in [6, 6.07) is 5.78. The van der Waals surface area contributed by atoms with Gasteiger partial charge in [0.15, 0.2) is 17.8 Å². The smallest absolute Gasteiger partial charge is 0.336 e. The molecule has 1 aromatic rings. The highest BCUT2D eigenvalue weighted by molar-refractivity contribution is 5.91. The number of nitrogens with one attached hydrogen (secondary N) is 1. The van der Waals surface area contributed by atoms with Gasteiger partial charge < -0.3 is 29.0 Å². The van der Waals surface area contributed by atoms with Gasteiger partial charge >= 0.3 is 5.97 Å². The van der Waals surface area contributed by atoms with Crippen LogP contribution in [0.5, 0.6) is 11.5 Å². The topological polar surface area (TPSA) is 75.3 Å². The van der Waals surface area contributed by atoms with Gasteiger partial charge in [-0.1, -0.05) is 6.07 Å².